The van der Waals surface area contributed by atoms with E-state index in [0.29, 0.717) is 25.2 Å². The van der Waals surface area contributed by atoms with E-state index in [9.17, 15) is 9.59 Å². The summed E-state index contributed by atoms with van der Waals surface area (Å²) in [5, 5.41) is 3.98. The van der Waals surface area contributed by atoms with Gasteiger partial charge in [-0.15, -0.1) is 11.3 Å². The monoisotopic (exact) mass is 406 g/mol. The van der Waals surface area contributed by atoms with Crippen LogP contribution in [0.15, 0.2) is 53.3 Å². The molecule has 0 radical (unpaired) electrons. The van der Waals surface area contributed by atoms with Crippen molar-refractivity contribution in [1.82, 2.24) is 19.9 Å². The zero-order chi connectivity index (χ0) is 20.2. The Morgan fingerprint density at radius 3 is 2.66 bits per heavy atom. The Labute approximate surface area is 172 Å². The van der Waals surface area contributed by atoms with Crippen LogP contribution >= 0.6 is 11.3 Å². The molecule has 0 saturated heterocycles. The SMILES string of the molecule is Cc1nc2ccccc2n(CCNC(=O)CCCc2nc3ccccc3s2)c1=O. The Kier molecular flexibility index (Phi) is 5.67. The molecular formula is C22H22N4O2S. The fourth-order valence-electron chi connectivity index (χ4n) is 3.36. The van der Waals surface area contributed by atoms with Crippen molar-refractivity contribution in [2.24, 2.45) is 0 Å². The number of hydrogen-bond donors (Lipinski definition) is 1. The average molecular weight is 407 g/mol. The highest BCUT2D eigenvalue weighted by Crippen LogP contribution is 2.22. The summed E-state index contributed by atoms with van der Waals surface area (Å²) < 4.78 is 2.86. The number of hydrogen-bond acceptors (Lipinski definition) is 5. The van der Waals surface area contributed by atoms with Gasteiger partial charge in [-0.25, -0.2) is 9.97 Å². The van der Waals surface area contributed by atoms with Crippen LogP contribution in [-0.4, -0.2) is 27.0 Å². The molecule has 7 heteroatoms. The van der Waals surface area contributed by atoms with E-state index in [4.69, 9.17) is 0 Å². The van der Waals surface area contributed by atoms with Crippen molar-refractivity contribution in [1.29, 1.82) is 0 Å². The summed E-state index contributed by atoms with van der Waals surface area (Å²) in [4.78, 5) is 33.6. The van der Waals surface area contributed by atoms with Crippen LogP contribution in [0.4, 0.5) is 0 Å². The third kappa shape index (κ3) is 4.35. The van der Waals surface area contributed by atoms with E-state index in [2.05, 4.69) is 21.4 Å². The van der Waals surface area contributed by atoms with Gasteiger partial charge in [0.1, 0.15) is 5.69 Å². The van der Waals surface area contributed by atoms with Crippen molar-refractivity contribution in [3.05, 3.63) is 69.6 Å². The fourth-order valence-corrected chi connectivity index (χ4v) is 4.37. The lowest BCUT2D eigenvalue weighted by Gasteiger charge is -2.11. The number of carbonyl (C=O) groups excluding carboxylic acids is 1. The number of nitrogens with zero attached hydrogens (tertiary/aromatic N) is 3. The molecule has 2 aromatic carbocycles. The molecule has 0 spiro atoms. The Hall–Kier alpha value is -3.06. The van der Waals surface area contributed by atoms with Crippen LogP contribution in [0.2, 0.25) is 0 Å². The van der Waals surface area contributed by atoms with E-state index in [-0.39, 0.29) is 11.5 Å². The van der Waals surface area contributed by atoms with E-state index < -0.39 is 0 Å². The molecular weight excluding hydrogens is 384 g/mol. The maximum absolute atomic E-state index is 12.4. The smallest absolute Gasteiger partial charge is 0.272 e. The summed E-state index contributed by atoms with van der Waals surface area (Å²) in [6.07, 6.45) is 1.99. The molecule has 1 amide bonds. The van der Waals surface area contributed by atoms with Gasteiger partial charge >= 0.3 is 0 Å². The van der Waals surface area contributed by atoms with E-state index in [1.54, 1.807) is 22.8 Å². The van der Waals surface area contributed by atoms with Gasteiger partial charge in [0.15, 0.2) is 0 Å². The standard InChI is InChI=1S/C22H22N4O2S/c1-15-22(28)26(18-9-4-2-7-16(18)24-15)14-13-23-20(27)11-6-12-21-25-17-8-3-5-10-19(17)29-21/h2-5,7-10H,6,11-14H2,1H3,(H,23,27). The lowest BCUT2D eigenvalue weighted by molar-refractivity contribution is -0.121. The maximum atomic E-state index is 12.4. The number of aryl methyl sites for hydroxylation is 2. The molecule has 6 nitrogen and oxygen atoms in total. The van der Waals surface area contributed by atoms with Crippen LogP contribution in [0.25, 0.3) is 21.3 Å². The predicted molar refractivity (Wildman–Crippen MR) is 116 cm³/mol. The number of amides is 1. The van der Waals surface area contributed by atoms with E-state index in [0.717, 1.165) is 34.4 Å². The minimum atomic E-state index is -0.117. The normalized spacial score (nSPS) is 11.2. The van der Waals surface area contributed by atoms with Gasteiger partial charge in [-0.3, -0.25) is 9.59 Å². The average Bonchev–Trinajstić information content (AvgIpc) is 3.13. The third-order valence-corrected chi connectivity index (χ3v) is 5.90. The highest BCUT2D eigenvalue weighted by atomic mass is 32.1. The number of carbonyl (C=O) groups is 1. The Morgan fingerprint density at radius 1 is 1.07 bits per heavy atom. The first-order valence-electron chi connectivity index (χ1n) is 9.69. The van der Waals surface area contributed by atoms with Crippen molar-refractivity contribution < 1.29 is 4.79 Å². The van der Waals surface area contributed by atoms with E-state index in [1.807, 2.05) is 42.5 Å². The fraction of sp³-hybridized carbons (Fsp3) is 0.273. The van der Waals surface area contributed by atoms with Crippen molar-refractivity contribution in [2.75, 3.05) is 6.54 Å². The van der Waals surface area contributed by atoms with E-state index in [1.165, 1.54) is 4.70 Å². The molecule has 148 valence electrons. The molecule has 1 N–H and O–H groups in total. The molecule has 4 aromatic rings. The topological polar surface area (TPSA) is 76.9 Å². The van der Waals surface area contributed by atoms with Crippen LogP contribution in [0, 0.1) is 6.92 Å². The van der Waals surface area contributed by atoms with Gasteiger partial charge in [-0.05, 0) is 44.0 Å². The molecule has 0 aliphatic carbocycles. The van der Waals surface area contributed by atoms with Gasteiger partial charge < -0.3 is 9.88 Å². The molecule has 0 aliphatic heterocycles. The third-order valence-electron chi connectivity index (χ3n) is 4.81. The molecule has 29 heavy (non-hydrogen) atoms. The van der Waals surface area contributed by atoms with Gasteiger partial charge in [0.25, 0.3) is 5.56 Å². The first-order valence-corrected chi connectivity index (χ1v) is 10.5. The van der Waals surface area contributed by atoms with Crippen molar-refractivity contribution in [3.8, 4) is 0 Å². The van der Waals surface area contributed by atoms with Gasteiger partial charge in [0, 0.05) is 19.5 Å². The Morgan fingerprint density at radius 2 is 1.83 bits per heavy atom. The van der Waals surface area contributed by atoms with E-state index >= 15 is 0 Å². The summed E-state index contributed by atoms with van der Waals surface area (Å²) >= 11 is 1.68. The van der Waals surface area contributed by atoms with Crippen molar-refractivity contribution in [3.63, 3.8) is 0 Å². The Balaban J connectivity index is 1.30. The van der Waals surface area contributed by atoms with Crippen LogP contribution < -0.4 is 10.9 Å². The molecule has 0 saturated carbocycles. The first-order chi connectivity index (χ1) is 14.1. The second-order valence-electron chi connectivity index (χ2n) is 6.92. The summed E-state index contributed by atoms with van der Waals surface area (Å²) in [7, 11) is 0. The molecule has 0 aliphatic rings. The first kappa shape index (κ1) is 19.3. The Bertz CT molecular complexity index is 1200. The van der Waals surface area contributed by atoms with Crippen molar-refractivity contribution >= 4 is 38.5 Å². The van der Waals surface area contributed by atoms with Crippen LogP contribution in [0.1, 0.15) is 23.5 Å². The van der Waals surface area contributed by atoms with Crippen LogP contribution in [0.5, 0.6) is 0 Å². The zero-order valence-electron chi connectivity index (χ0n) is 16.2. The van der Waals surface area contributed by atoms with Crippen molar-refractivity contribution in [2.45, 2.75) is 32.7 Å². The number of nitrogens with one attached hydrogen (secondary N) is 1. The molecule has 2 aromatic heterocycles. The van der Waals surface area contributed by atoms with Gasteiger partial charge in [0.2, 0.25) is 5.91 Å². The molecule has 2 heterocycles. The summed E-state index contributed by atoms with van der Waals surface area (Å²) in [5.41, 5.74) is 2.93. The quantitative estimate of drug-likeness (QED) is 0.510. The lowest BCUT2D eigenvalue weighted by Crippen LogP contribution is -2.32. The van der Waals surface area contributed by atoms with Crippen LogP contribution in [-0.2, 0) is 17.8 Å². The molecule has 0 atom stereocenters. The zero-order valence-corrected chi connectivity index (χ0v) is 17.0. The maximum Gasteiger partial charge on any atom is 0.272 e. The van der Waals surface area contributed by atoms with Crippen LogP contribution in [0.3, 0.4) is 0 Å². The number of fused-ring (bicyclic) bond motifs is 2. The highest BCUT2D eigenvalue weighted by molar-refractivity contribution is 7.18. The molecule has 0 unspecified atom stereocenters. The lowest BCUT2D eigenvalue weighted by atomic mass is 10.2. The second kappa shape index (κ2) is 8.53. The largest absolute Gasteiger partial charge is 0.354 e. The highest BCUT2D eigenvalue weighted by Gasteiger charge is 2.09. The number of benzene rings is 2. The molecule has 0 bridgehead atoms. The summed E-state index contributed by atoms with van der Waals surface area (Å²) in [6, 6.07) is 15.6. The van der Waals surface area contributed by atoms with Gasteiger partial charge in [0.05, 0.1) is 26.3 Å². The summed E-state index contributed by atoms with van der Waals surface area (Å²) in [5.74, 6) is -0.00533. The number of para-hydroxylation sites is 3. The number of rotatable bonds is 7. The minimum Gasteiger partial charge on any atom is -0.354 e. The van der Waals surface area contributed by atoms with Gasteiger partial charge in [-0.1, -0.05) is 24.3 Å². The van der Waals surface area contributed by atoms with Gasteiger partial charge in [-0.2, -0.15) is 0 Å². The summed E-state index contributed by atoms with van der Waals surface area (Å²) in [6.45, 7) is 2.55. The molecule has 0 fully saturated rings. The number of aromatic nitrogens is 3. The predicted octanol–water partition coefficient (Wildman–Crippen LogP) is 3.45. The number of thiazole rings is 1. The minimum absolute atomic E-state index is 0.00533. The molecule has 4 rings (SSSR count). The second-order valence-corrected chi connectivity index (χ2v) is 8.04.